The van der Waals surface area contributed by atoms with Crippen LogP contribution in [0.25, 0.3) is 21.8 Å². The van der Waals surface area contributed by atoms with Crippen LogP contribution in [-0.2, 0) is 7.05 Å². The Morgan fingerprint density at radius 1 is 1.24 bits per heavy atom. The Morgan fingerprint density at radius 2 is 1.97 bits per heavy atom. The van der Waals surface area contributed by atoms with Gasteiger partial charge in [0.2, 0.25) is 0 Å². The topological polar surface area (TPSA) is 89.9 Å². The van der Waals surface area contributed by atoms with Crippen LogP contribution < -0.4 is 5.73 Å². The number of hydrogen-bond acceptors (Lipinski definition) is 5. The van der Waals surface area contributed by atoms with Crippen molar-refractivity contribution in [2.24, 2.45) is 7.05 Å². The molecule has 7 nitrogen and oxygen atoms in total. The zero-order valence-corrected chi connectivity index (χ0v) is 16.4. The summed E-state index contributed by atoms with van der Waals surface area (Å²) in [5.74, 6) is 2.80. The molecule has 0 aliphatic carbocycles. The first kappa shape index (κ1) is 18.4. The molecule has 1 amide bonds. The summed E-state index contributed by atoms with van der Waals surface area (Å²) in [6.45, 7) is 1.96. The van der Waals surface area contributed by atoms with Crippen molar-refractivity contribution in [3.63, 3.8) is 0 Å². The number of rotatable bonds is 3. The molecule has 1 atom stereocenters. The minimum atomic E-state index is -0.187. The Hall–Kier alpha value is -3.92. The minimum absolute atomic E-state index is 0.145. The summed E-state index contributed by atoms with van der Waals surface area (Å²) in [6, 6.07) is 9.21. The van der Waals surface area contributed by atoms with Gasteiger partial charge in [-0.2, -0.15) is 5.10 Å². The van der Waals surface area contributed by atoms with E-state index < -0.39 is 0 Å². The second kappa shape index (κ2) is 6.91. The Bertz CT molecular complexity index is 1280. The van der Waals surface area contributed by atoms with Crippen LogP contribution in [0.1, 0.15) is 34.6 Å². The molecule has 0 saturated carbocycles. The van der Waals surface area contributed by atoms with Gasteiger partial charge >= 0.3 is 0 Å². The summed E-state index contributed by atoms with van der Waals surface area (Å²) >= 11 is 0. The molecule has 0 radical (unpaired) electrons. The van der Waals surface area contributed by atoms with Gasteiger partial charge in [0.05, 0.1) is 34.9 Å². The lowest BCUT2D eigenvalue weighted by molar-refractivity contribution is 0.0737. The number of amides is 1. The maximum atomic E-state index is 13.1. The van der Waals surface area contributed by atoms with Crippen LogP contribution >= 0.6 is 0 Å². The van der Waals surface area contributed by atoms with E-state index in [9.17, 15) is 4.79 Å². The van der Waals surface area contributed by atoms with Gasteiger partial charge in [0.15, 0.2) is 0 Å². The van der Waals surface area contributed by atoms with Crippen molar-refractivity contribution >= 4 is 33.5 Å². The lowest BCUT2D eigenvalue weighted by Crippen LogP contribution is -2.30. The van der Waals surface area contributed by atoms with Crippen LogP contribution in [-0.4, -0.2) is 37.6 Å². The van der Waals surface area contributed by atoms with E-state index in [0.717, 1.165) is 27.4 Å². The van der Waals surface area contributed by atoms with Crippen molar-refractivity contribution in [1.82, 2.24) is 24.6 Å². The van der Waals surface area contributed by atoms with E-state index in [1.54, 1.807) is 35.1 Å². The molecule has 0 saturated heterocycles. The quantitative estimate of drug-likeness (QED) is 0.549. The second-order valence-corrected chi connectivity index (χ2v) is 6.97. The largest absolute Gasteiger partial charge is 0.383 e. The minimum Gasteiger partial charge on any atom is -0.383 e. The third kappa shape index (κ3) is 3.05. The number of anilines is 1. The number of fused-ring (bicyclic) bond motifs is 3. The Labute approximate surface area is 168 Å². The Morgan fingerprint density at radius 3 is 2.66 bits per heavy atom. The number of pyridine rings is 2. The molecule has 3 aromatic heterocycles. The summed E-state index contributed by atoms with van der Waals surface area (Å²) in [6.07, 6.45) is 8.66. The fraction of sp³-hybridized carbons (Fsp3) is 0.182. The van der Waals surface area contributed by atoms with Crippen molar-refractivity contribution < 1.29 is 4.79 Å². The summed E-state index contributed by atoms with van der Waals surface area (Å²) in [5, 5.41) is 5.80. The van der Waals surface area contributed by atoms with Gasteiger partial charge in [0.1, 0.15) is 11.5 Å². The van der Waals surface area contributed by atoms with Crippen LogP contribution in [0.2, 0.25) is 0 Å². The number of aromatic nitrogens is 4. The molecule has 0 fully saturated rings. The highest BCUT2D eigenvalue weighted by atomic mass is 16.2. The maximum absolute atomic E-state index is 13.1. The van der Waals surface area contributed by atoms with Gasteiger partial charge in [0, 0.05) is 25.0 Å². The van der Waals surface area contributed by atoms with E-state index in [-0.39, 0.29) is 11.9 Å². The van der Waals surface area contributed by atoms with E-state index in [1.807, 2.05) is 38.2 Å². The van der Waals surface area contributed by atoms with E-state index in [0.29, 0.717) is 17.0 Å². The molecule has 29 heavy (non-hydrogen) atoms. The third-order valence-corrected chi connectivity index (χ3v) is 5.27. The predicted octanol–water partition coefficient (Wildman–Crippen LogP) is 2.91. The second-order valence-electron chi connectivity index (χ2n) is 6.97. The number of aryl methyl sites for hydroxylation is 1. The zero-order chi connectivity index (χ0) is 20.7. The maximum Gasteiger partial charge on any atom is 0.272 e. The molecular formula is C22H20N6O. The van der Waals surface area contributed by atoms with Crippen molar-refractivity contribution in [3.05, 3.63) is 59.5 Å². The number of nitrogen functional groups attached to an aromatic ring is 1. The normalized spacial score (nSPS) is 12.1. The van der Waals surface area contributed by atoms with Gasteiger partial charge in [-0.25, -0.2) is 9.97 Å². The summed E-state index contributed by atoms with van der Waals surface area (Å²) < 4.78 is 1.73. The van der Waals surface area contributed by atoms with Crippen LogP contribution in [0.3, 0.4) is 0 Å². The van der Waals surface area contributed by atoms with E-state index >= 15 is 0 Å². The molecule has 2 N–H and O–H groups in total. The number of carbonyl (C=O) groups is 1. The first-order valence-electron chi connectivity index (χ1n) is 9.11. The average molecular weight is 384 g/mol. The Kier molecular flexibility index (Phi) is 4.40. The fourth-order valence-corrected chi connectivity index (χ4v) is 3.42. The number of carbonyl (C=O) groups excluding carboxylic acids is 1. The molecule has 0 aliphatic heterocycles. The fourth-order valence-electron chi connectivity index (χ4n) is 3.42. The van der Waals surface area contributed by atoms with Crippen LogP contribution in [0.5, 0.6) is 0 Å². The molecule has 0 aliphatic rings. The van der Waals surface area contributed by atoms with Crippen molar-refractivity contribution in [2.75, 3.05) is 12.8 Å². The highest BCUT2D eigenvalue weighted by Gasteiger charge is 2.21. The third-order valence-electron chi connectivity index (χ3n) is 5.27. The Balaban J connectivity index is 1.72. The number of benzene rings is 1. The molecule has 1 aromatic carbocycles. The van der Waals surface area contributed by atoms with Crippen LogP contribution in [0.4, 0.5) is 5.82 Å². The van der Waals surface area contributed by atoms with E-state index in [1.165, 1.54) is 0 Å². The summed E-state index contributed by atoms with van der Waals surface area (Å²) in [5.41, 5.74) is 9.60. The number of terminal acetylenes is 1. The summed E-state index contributed by atoms with van der Waals surface area (Å²) in [4.78, 5) is 23.5. The van der Waals surface area contributed by atoms with Gasteiger partial charge in [-0.3, -0.25) is 9.48 Å². The lowest BCUT2D eigenvalue weighted by Gasteiger charge is -2.25. The van der Waals surface area contributed by atoms with Crippen molar-refractivity contribution in [1.29, 1.82) is 0 Å². The SMILES string of the molecule is C#Cc1ccc(C(C)N(C)C(=O)c2cc3c(cn2)nc(N)c2cnn(C)c23)cc1. The smallest absolute Gasteiger partial charge is 0.272 e. The standard InChI is InChI=1S/C22H20N6O/c1-5-14-6-8-15(9-7-14)13(2)27(3)22(29)18-10-16-19(12-24-18)26-21(23)17-11-25-28(4)20(16)17/h1,6-13H,2-4H3,(H2,23,26). The van der Waals surface area contributed by atoms with Crippen molar-refractivity contribution in [2.45, 2.75) is 13.0 Å². The van der Waals surface area contributed by atoms with Crippen LogP contribution in [0, 0.1) is 12.3 Å². The predicted molar refractivity (Wildman–Crippen MR) is 113 cm³/mol. The van der Waals surface area contributed by atoms with E-state index in [4.69, 9.17) is 12.2 Å². The molecule has 7 heteroatoms. The molecule has 4 aromatic rings. The van der Waals surface area contributed by atoms with Gasteiger partial charge in [-0.1, -0.05) is 18.1 Å². The molecule has 0 spiro atoms. The highest BCUT2D eigenvalue weighted by molar-refractivity contribution is 6.09. The molecular weight excluding hydrogens is 364 g/mol. The van der Waals surface area contributed by atoms with Gasteiger partial charge < -0.3 is 10.6 Å². The zero-order valence-electron chi connectivity index (χ0n) is 16.4. The van der Waals surface area contributed by atoms with Gasteiger partial charge in [0.25, 0.3) is 5.91 Å². The average Bonchev–Trinajstić information content (AvgIpc) is 3.14. The molecule has 4 rings (SSSR count). The number of hydrogen-bond donors (Lipinski definition) is 1. The molecule has 144 valence electrons. The molecule has 1 unspecified atom stereocenters. The van der Waals surface area contributed by atoms with Crippen LogP contribution in [0.15, 0.2) is 42.7 Å². The highest BCUT2D eigenvalue weighted by Crippen LogP contribution is 2.28. The molecule has 0 bridgehead atoms. The monoisotopic (exact) mass is 384 g/mol. The number of nitrogens with zero attached hydrogens (tertiary/aromatic N) is 5. The van der Waals surface area contributed by atoms with Gasteiger partial charge in [-0.15, -0.1) is 6.42 Å². The lowest BCUT2D eigenvalue weighted by atomic mass is 10.0. The first-order valence-corrected chi connectivity index (χ1v) is 9.11. The van der Waals surface area contributed by atoms with Gasteiger partial charge in [-0.05, 0) is 30.7 Å². The molecule has 3 heterocycles. The number of nitrogens with two attached hydrogens (primary N) is 1. The van der Waals surface area contributed by atoms with E-state index in [2.05, 4.69) is 21.0 Å². The van der Waals surface area contributed by atoms with Crippen molar-refractivity contribution in [3.8, 4) is 12.3 Å². The summed E-state index contributed by atoms with van der Waals surface area (Å²) in [7, 11) is 3.59. The first-order chi connectivity index (χ1) is 13.9.